The van der Waals surface area contributed by atoms with Crippen molar-refractivity contribution in [1.29, 1.82) is 0 Å². The van der Waals surface area contributed by atoms with Crippen LogP contribution in [0.15, 0.2) is 30.3 Å². The van der Waals surface area contributed by atoms with Gasteiger partial charge in [0.1, 0.15) is 0 Å². The minimum absolute atomic E-state index is 0.310. The molecule has 1 aliphatic heterocycles. The summed E-state index contributed by atoms with van der Waals surface area (Å²) in [5, 5.41) is 11.4. The number of piperidine rings is 1. The molecule has 0 unspecified atom stereocenters. The van der Waals surface area contributed by atoms with Crippen molar-refractivity contribution in [2.75, 3.05) is 20.1 Å². The lowest BCUT2D eigenvalue weighted by molar-refractivity contribution is -0.123. The number of aliphatic hydroxyl groups is 1. The van der Waals surface area contributed by atoms with Gasteiger partial charge in [0.2, 0.25) is 0 Å². The fourth-order valence-electron chi connectivity index (χ4n) is 4.75. The van der Waals surface area contributed by atoms with E-state index in [9.17, 15) is 5.11 Å². The van der Waals surface area contributed by atoms with E-state index in [1.165, 1.54) is 17.5 Å². The third kappa shape index (κ3) is 1.71. The first-order chi connectivity index (χ1) is 9.68. The number of rotatable bonds is 0. The second kappa shape index (κ2) is 4.44. The second-order valence-corrected chi connectivity index (χ2v) is 6.90. The Labute approximate surface area is 121 Å². The summed E-state index contributed by atoms with van der Waals surface area (Å²) in [6, 6.07) is 8.71. The molecule has 2 heteroatoms. The van der Waals surface area contributed by atoms with Gasteiger partial charge >= 0.3 is 0 Å². The van der Waals surface area contributed by atoms with Crippen molar-refractivity contribution in [2.45, 2.75) is 30.8 Å². The summed E-state index contributed by atoms with van der Waals surface area (Å²) in [6.07, 6.45) is 7.82. The van der Waals surface area contributed by atoms with Gasteiger partial charge in [-0.1, -0.05) is 36.4 Å². The van der Waals surface area contributed by atoms with Crippen LogP contribution in [0.2, 0.25) is 0 Å². The first-order valence-electron chi connectivity index (χ1n) is 7.86. The van der Waals surface area contributed by atoms with Crippen molar-refractivity contribution in [1.82, 2.24) is 4.90 Å². The first kappa shape index (κ1) is 12.6. The molecule has 106 valence electrons. The summed E-state index contributed by atoms with van der Waals surface area (Å²) in [4.78, 5) is 2.37. The predicted octanol–water partition coefficient (Wildman–Crippen LogP) is 2.89. The maximum atomic E-state index is 11.4. The van der Waals surface area contributed by atoms with Crippen molar-refractivity contribution >= 4 is 6.08 Å². The number of nitrogens with zero attached hydrogens (tertiary/aromatic N) is 1. The fraction of sp³-hybridized carbons (Fsp3) is 0.556. The number of hydrogen-bond donors (Lipinski definition) is 1. The van der Waals surface area contributed by atoms with Crippen molar-refractivity contribution in [2.24, 2.45) is 11.8 Å². The minimum Gasteiger partial charge on any atom is -0.389 e. The summed E-state index contributed by atoms with van der Waals surface area (Å²) in [7, 11) is 2.18. The van der Waals surface area contributed by atoms with Gasteiger partial charge in [0.05, 0.1) is 5.60 Å². The Balaban J connectivity index is 1.73. The van der Waals surface area contributed by atoms with E-state index in [0.29, 0.717) is 17.8 Å². The zero-order valence-corrected chi connectivity index (χ0v) is 12.1. The minimum atomic E-state index is -0.487. The van der Waals surface area contributed by atoms with Gasteiger partial charge < -0.3 is 10.0 Å². The highest BCUT2D eigenvalue weighted by atomic mass is 16.3. The maximum absolute atomic E-state index is 11.4. The van der Waals surface area contributed by atoms with Gasteiger partial charge in [-0.2, -0.15) is 0 Å². The molecule has 2 nitrogen and oxygen atoms in total. The van der Waals surface area contributed by atoms with Gasteiger partial charge in [0.25, 0.3) is 0 Å². The normalized spacial score (nSPS) is 39.8. The summed E-state index contributed by atoms with van der Waals surface area (Å²) in [5.74, 6) is 1.27. The Bertz CT molecular complexity index is 552. The Morgan fingerprint density at radius 2 is 2.10 bits per heavy atom. The van der Waals surface area contributed by atoms with Gasteiger partial charge in [-0.15, -0.1) is 0 Å². The Morgan fingerprint density at radius 3 is 3.00 bits per heavy atom. The molecule has 1 heterocycles. The van der Waals surface area contributed by atoms with Gasteiger partial charge in [0.15, 0.2) is 0 Å². The van der Waals surface area contributed by atoms with Crippen LogP contribution < -0.4 is 0 Å². The van der Waals surface area contributed by atoms with Gasteiger partial charge in [-0.05, 0) is 43.4 Å². The van der Waals surface area contributed by atoms with E-state index in [0.717, 1.165) is 25.9 Å². The average Bonchev–Trinajstić information content (AvgIpc) is 2.47. The molecular formula is C18H23NO. The number of hydrogen-bond acceptors (Lipinski definition) is 2. The molecule has 3 aliphatic rings. The molecule has 2 aliphatic carbocycles. The Kier molecular flexibility index (Phi) is 2.80. The van der Waals surface area contributed by atoms with Gasteiger partial charge in [-0.3, -0.25) is 0 Å². The zero-order chi connectivity index (χ0) is 13.7. The number of fused-ring (bicyclic) bond motifs is 5. The van der Waals surface area contributed by atoms with Crippen LogP contribution in [0.5, 0.6) is 0 Å². The third-order valence-corrected chi connectivity index (χ3v) is 5.85. The molecule has 4 atom stereocenters. The van der Waals surface area contributed by atoms with Crippen molar-refractivity contribution in [3.63, 3.8) is 0 Å². The molecule has 20 heavy (non-hydrogen) atoms. The van der Waals surface area contributed by atoms with E-state index < -0.39 is 5.60 Å². The summed E-state index contributed by atoms with van der Waals surface area (Å²) in [5.41, 5.74) is 2.31. The summed E-state index contributed by atoms with van der Waals surface area (Å²) < 4.78 is 0. The zero-order valence-electron chi connectivity index (χ0n) is 12.1. The molecule has 4 rings (SSSR count). The van der Waals surface area contributed by atoms with Crippen LogP contribution in [0.25, 0.3) is 6.08 Å². The molecule has 0 bridgehead atoms. The lowest BCUT2D eigenvalue weighted by Crippen LogP contribution is -2.58. The van der Waals surface area contributed by atoms with Crippen LogP contribution in [-0.4, -0.2) is 35.7 Å². The van der Waals surface area contributed by atoms with Crippen LogP contribution in [0.3, 0.4) is 0 Å². The second-order valence-electron chi connectivity index (χ2n) is 6.90. The Hall–Kier alpha value is -1.12. The molecule has 2 fully saturated rings. The third-order valence-electron chi connectivity index (χ3n) is 5.85. The predicted molar refractivity (Wildman–Crippen MR) is 81.5 cm³/mol. The SMILES string of the molecule is CN1CC[C@@]2(O)[C@H](CC[C@H]3c4ccccc4C=C[C@H]32)C1. The first-order valence-corrected chi connectivity index (χ1v) is 7.86. The standard InChI is InChI=1S/C18H23NO/c1-19-11-10-18(20)14(12-19)7-8-16-15-5-3-2-4-13(15)6-9-17(16)18/h2-6,9,14,16-17,20H,7-8,10-12H2,1H3/t14-,16+,17-,18-/m1/s1. The van der Waals surface area contributed by atoms with Crippen molar-refractivity contribution in [3.05, 3.63) is 41.5 Å². The quantitative estimate of drug-likeness (QED) is 0.783. The van der Waals surface area contributed by atoms with Crippen LogP contribution in [0.4, 0.5) is 0 Å². The molecule has 1 N–H and O–H groups in total. The molecule has 1 saturated carbocycles. The van der Waals surface area contributed by atoms with E-state index >= 15 is 0 Å². The molecule has 0 spiro atoms. The molecule has 0 radical (unpaired) electrons. The smallest absolute Gasteiger partial charge is 0.0768 e. The highest BCUT2D eigenvalue weighted by molar-refractivity contribution is 5.59. The van der Waals surface area contributed by atoms with E-state index in [4.69, 9.17) is 0 Å². The molecule has 1 aromatic rings. The van der Waals surface area contributed by atoms with Crippen LogP contribution >= 0.6 is 0 Å². The number of likely N-dealkylation sites (tertiary alicyclic amines) is 1. The fourth-order valence-corrected chi connectivity index (χ4v) is 4.75. The van der Waals surface area contributed by atoms with E-state index in [1.54, 1.807) is 0 Å². The van der Waals surface area contributed by atoms with Gasteiger partial charge in [-0.25, -0.2) is 0 Å². The van der Waals surface area contributed by atoms with E-state index in [2.05, 4.69) is 48.4 Å². The van der Waals surface area contributed by atoms with E-state index in [1.807, 2.05) is 0 Å². The lowest BCUT2D eigenvalue weighted by atomic mass is 9.57. The maximum Gasteiger partial charge on any atom is 0.0768 e. The Morgan fingerprint density at radius 1 is 1.25 bits per heavy atom. The molecule has 1 aromatic carbocycles. The molecular weight excluding hydrogens is 246 g/mol. The summed E-state index contributed by atoms with van der Waals surface area (Å²) >= 11 is 0. The average molecular weight is 269 g/mol. The number of benzene rings is 1. The monoisotopic (exact) mass is 269 g/mol. The van der Waals surface area contributed by atoms with Crippen LogP contribution in [0.1, 0.15) is 36.3 Å². The molecule has 1 saturated heterocycles. The molecule has 0 amide bonds. The molecule has 0 aromatic heterocycles. The topological polar surface area (TPSA) is 23.5 Å². The highest BCUT2D eigenvalue weighted by Crippen LogP contribution is 2.52. The van der Waals surface area contributed by atoms with Crippen molar-refractivity contribution in [3.8, 4) is 0 Å². The largest absolute Gasteiger partial charge is 0.389 e. The summed E-state index contributed by atoms with van der Waals surface area (Å²) in [6.45, 7) is 2.07. The van der Waals surface area contributed by atoms with Crippen LogP contribution in [-0.2, 0) is 0 Å². The van der Waals surface area contributed by atoms with E-state index in [-0.39, 0.29) is 0 Å². The lowest BCUT2D eigenvalue weighted by Gasteiger charge is -2.54. The highest BCUT2D eigenvalue weighted by Gasteiger charge is 2.52. The van der Waals surface area contributed by atoms with Crippen LogP contribution in [0, 0.1) is 11.8 Å². The van der Waals surface area contributed by atoms with Crippen molar-refractivity contribution < 1.29 is 5.11 Å². The van der Waals surface area contributed by atoms with Gasteiger partial charge in [0, 0.05) is 24.9 Å².